The molecule has 1 aromatic carbocycles. The molecule has 2 rings (SSSR count). The highest BCUT2D eigenvalue weighted by Crippen LogP contribution is 2.27. The predicted octanol–water partition coefficient (Wildman–Crippen LogP) is 3.78. The van der Waals surface area contributed by atoms with Gasteiger partial charge in [0.1, 0.15) is 5.76 Å². The topological polar surface area (TPSA) is 9.23 Å². The monoisotopic (exact) mass is 200 g/mol. The van der Waals surface area contributed by atoms with Crippen molar-refractivity contribution in [2.24, 2.45) is 0 Å². The van der Waals surface area contributed by atoms with Gasteiger partial charge >= 0.3 is 0 Å². The van der Waals surface area contributed by atoms with Crippen LogP contribution in [0.2, 0.25) is 0 Å². The maximum atomic E-state index is 5.52. The Bertz CT molecular complexity index is 374. The minimum absolute atomic E-state index is 1.03. The van der Waals surface area contributed by atoms with Crippen LogP contribution in [0, 0.1) is 0 Å². The van der Waals surface area contributed by atoms with Gasteiger partial charge in [-0.25, -0.2) is 0 Å². The average molecular weight is 200 g/mol. The maximum Gasteiger partial charge on any atom is 0.125 e. The Morgan fingerprint density at radius 2 is 1.93 bits per heavy atom. The molecular weight excluding hydrogens is 184 g/mol. The van der Waals surface area contributed by atoms with Gasteiger partial charge in [0, 0.05) is 5.56 Å². The molecular formula is C14H16O. The summed E-state index contributed by atoms with van der Waals surface area (Å²) in [6.45, 7) is 0. The van der Waals surface area contributed by atoms with E-state index in [9.17, 15) is 0 Å². The van der Waals surface area contributed by atoms with Crippen LogP contribution < -0.4 is 0 Å². The van der Waals surface area contributed by atoms with Gasteiger partial charge in [-0.3, -0.25) is 0 Å². The second-order valence-electron chi connectivity index (χ2n) is 3.72. The van der Waals surface area contributed by atoms with Crippen molar-refractivity contribution in [1.29, 1.82) is 0 Å². The Balaban J connectivity index is 2.35. The van der Waals surface area contributed by atoms with Gasteiger partial charge in [-0.2, -0.15) is 0 Å². The van der Waals surface area contributed by atoms with Crippen molar-refractivity contribution in [2.45, 2.75) is 19.3 Å². The molecule has 0 unspecified atom stereocenters. The van der Waals surface area contributed by atoms with Crippen molar-refractivity contribution in [3.8, 4) is 0 Å². The Hall–Kier alpha value is -1.50. The van der Waals surface area contributed by atoms with Gasteiger partial charge < -0.3 is 4.74 Å². The number of allylic oxidation sites excluding steroid dienone is 3. The highest BCUT2D eigenvalue weighted by atomic mass is 16.5. The first-order valence-electron chi connectivity index (χ1n) is 5.38. The zero-order valence-electron chi connectivity index (χ0n) is 9.07. The molecule has 1 nitrogen and oxygen atoms in total. The quantitative estimate of drug-likeness (QED) is 0.521. The van der Waals surface area contributed by atoms with Crippen LogP contribution in [0.25, 0.3) is 5.76 Å². The number of hydrogen-bond acceptors (Lipinski definition) is 1. The van der Waals surface area contributed by atoms with Crippen LogP contribution in [-0.2, 0) is 4.74 Å². The molecule has 78 valence electrons. The lowest BCUT2D eigenvalue weighted by atomic mass is 9.97. The zero-order valence-corrected chi connectivity index (χ0v) is 9.07. The highest BCUT2D eigenvalue weighted by molar-refractivity contribution is 5.63. The second-order valence-corrected chi connectivity index (χ2v) is 3.72. The highest BCUT2D eigenvalue weighted by Gasteiger charge is 2.10. The molecule has 0 aliphatic heterocycles. The lowest BCUT2D eigenvalue weighted by molar-refractivity contribution is 0.364. The van der Waals surface area contributed by atoms with E-state index in [0.29, 0.717) is 0 Å². The van der Waals surface area contributed by atoms with Crippen LogP contribution in [0.5, 0.6) is 0 Å². The molecule has 0 aromatic heterocycles. The Labute approximate surface area is 91.1 Å². The number of hydrogen-bond donors (Lipinski definition) is 0. The first-order valence-corrected chi connectivity index (χ1v) is 5.38. The van der Waals surface area contributed by atoms with Crippen LogP contribution in [0.1, 0.15) is 24.8 Å². The maximum absolute atomic E-state index is 5.52. The Morgan fingerprint density at radius 3 is 2.53 bits per heavy atom. The van der Waals surface area contributed by atoms with Crippen LogP contribution in [0.15, 0.2) is 48.1 Å². The smallest absolute Gasteiger partial charge is 0.125 e. The minimum atomic E-state index is 1.03. The van der Waals surface area contributed by atoms with Gasteiger partial charge in [0.05, 0.1) is 7.11 Å². The first-order chi connectivity index (χ1) is 7.42. The summed E-state index contributed by atoms with van der Waals surface area (Å²) >= 11 is 0. The lowest BCUT2D eigenvalue weighted by Gasteiger charge is -2.15. The third kappa shape index (κ3) is 2.30. The molecule has 0 bridgehead atoms. The molecule has 0 atom stereocenters. The summed E-state index contributed by atoms with van der Waals surface area (Å²) in [7, 11) is 1.76. The molecule has 0 saturated carbocycles. The standard InChI is InChI=1S/C14H16O/c1-15-14(12-8-4-2-5-9-12)13-10-6-3-7-11-13/h2-6,8-9H,7,10-11H2,1H3/b14-13-. The number of benzene rings is 1. The summed E-state index contributed by atoms with van der Waals surface area (Å²) in [4.78, 5) is 0. The molecule has 0 radical (unpaired) electrons. The summed E-state index contributed by atoms with van der Waals surface area (Å²) in [6.07, 6.45) is 7.74. The fraction of sp³-hybridized carbons (Fsp3) is 0.286. The minimum Gasteiger partial charge on any atom is -0.496 e. The van der Waals surface area contributed by atoms with Gasteiger partial charge in [0.25, 0.3) is 0 Å². The number of methoxy groups -OCH3 is 1. The fourth-order valence-corrected chi connectivity index (χ4v) is 1.97. The molecule has 0 spiro atoms. The molecule has 1 aliphatic carbocycles. The van der Waals surface area contributed by atoms with Crippen molar-refractivity contribution < 1.29 is 4.74 Å². The number of ether oxygens (including phenoxy) is 1. The van der Waals surface area contributed by atoms with E-state index in [2.05, 4.69) is 24.3 Å². The second kappa shape index (κ2) is 4.83. The van der Waals surface area contributed by atoms with E-state index in [1.165, 1.54) is 11.1 Å². The molecule has 0 fully saturated rings. The van der Waals surface area contributed by atoms with E-state index >= 15 is 0 Å². The van der Waals surface area contributed by atoms with Crippen LogP contribution in [0.3, 0.4) is 0 Å². The molecule has 1 aliphatic rings. The number of rotatable bonds is 2. The van der Waals surface area contributed by atoms with Crippen molar-refractivity contribution >= 4 is 5.76 Å². The van der Waals surface area contributed by atoms with Gasteiger partial charge in [-0.15, -0.1) is 0 Å². The van der Waals surface area contributed by atoms with E-state index in [4.69, 9.17) is 4.74 Å². The lowest BCUT2D eigenvalue weighted by Crippen LogP contribution is -1.97. The summed E-state index contributed by atoms with van der Waals surface area (Å²) < 4.78 is 5.52. The van der Waals surface area contributed by atoms with E-state index in [1.807, 2.05) is 18.2 Å². The molecule has 15 heavy (non-hydrogen) atoms. The zero-order chi connectivity index (χ0) is 10.5. The predicted molar refractivity (Wildman–Crippen MR) is 63.4 cm³/mol. The van der Waals surface area contributed by atoms with Crippen LogP contribution in [0.4, 0.5) is 0 Å². The third-order valence-electron chi connectivity index (χ3n) is 2.70. The van der Waals surface area contributed by atoms with Crippen LogP contribution in [-0.4, -0.2) is 7.11 Å². The van der Waals surface area contributed by atoms with Crippen molar-refractivity contribution in [3.05, 3.63) is 53.6 Å². The summed E-state index contributed by atoms with van der Waals surface area (Å²) in [5.41, 5.74) is 2.59. The molecule has 0 heterocycles. The van der Waals surface area contributed by atoms with Crippen LogP contribution >= 0.6 is 0 Å². The van der Waals surface area contributed by atoms with E-state index in [0.717, 1.165) is 25.0 Å². The SMILES string of the molecule is CO/C(=C1/CC=CCC1)c1ccccc1. The van der Waals surface area contributed by atoms with E-state index in [-0.39, 0.29) is 0 Å². The molecule has 0 amide bonds. The molecule has 0 saturated heterocycles. The molecule has 0 N–H and O–H groups in total. The van der Waals surface area contributed by atoms with Crippen molar-refractivity contribution in [2.75, 3.05) is 7.11 Å². The summed E-state index contributed by atoms with van der Waals surface area (Å²) in [6, 6.07) is 10.3. The summed E-state index contributed by atoms with van der Waals surface area (Å²) in [5, 5.41) is 0. The Morgan fingerprint density at radius 1 is 1.13 bits per heavy atom. The van der Waals surface area contributed by atoms with Gasteiger partial charge in [0.15, 0.2) is 0 Å². The van der Waals surface area contributed by atoms with Crippen molar-refractivity contribution in [3.63, 3.8) is 0 Å². The normalized spacial score (nSPS) is 18.7. The summed E-state index contributed by atoms with van der Waals surface area (Å²) in [5.74, 6) is 1.06. The fourth-order valence-electron chi connectivity index (χ4n) is 1.97. The molecule has 1 heteroatoms. The van der Waals surface area contributed by atoms with Gasteiger partial charge in [-0.1, -0.05) is 42.5 Å². The first kappa shape index (κ1) is 10.0. The third-order valence-corrected chi connectivity index (χ3v) is 2.70. The molecule has 1 aromatic rings. The van der Waals surface area contributed by atoms with E-state index < -0.39 is 0 Å². The van der Waals surface area contributed by atoms with Crippen molar-refractivity contribution in [1.82, 2.24) is 0 Å². The largest absolute Gasteiger partial charge is 0.496 e. The van der Waals surface area contributed by atoms with Gasteiger partial charge in [-0.05, 0) is 24.8 Å². The van der Waals surface area contributed by atoms with E-state index in [1.54, 1.807) is 7.11 Å². The van der Waals surface area contributed by atoms with Gasteiger partial charge in [0.2, 0.25) is 0 Å². The average Bonchev–Trinajstić information content (AvgIpc) is 2.33. The Kier molecular flexibility index (Phi) is 3.23.